The minimum Gasteiger partial charge on any atom is -0.314 e. The van der Waals surface area contributed by atoms with Crippen LogP contribution >= 0.6 is 0 Å². The van der Waals surface area contributed by atoms with Gasteiger partial charge < -0.3 is 5.32 Å². The molecule has 0 aliphatic rings. The number of benzene rings is 1. The fourth-order valence-electron chi connectivity index (χ4n) is 2.78. The van der Waals surface area contributed by atoms with Crippen molar-refractivity contribution < 1.29 is 0 Å². The first-order chi connectivity index (χ1) is 8.56. The largest absolute Gasteiger partial charge is 0.314 e. The van der Waals surface area contributed by atoms with Crippen LogP contribution in [0.15, 0.2) is 18.2 Å². The monoisotopic (exact) mass is 247 g/mol. The molecule has 0 aromatic heterocycles. The van der Waals surface area contributed by atoms with Crippen molar-refractivity contribution in [3.63, 3.8) is 0 Å². The Bertz CT molecular complexity index is 336. The Morgan fingerprint density at radius 1 is 1.06 bits per heavy atom. The Labute approximate surface area is 113 Å². The molecule has 1 heteroatoms. The van der Waals surface area contributed by atoms with Gasteiger partial charge in [0.2, 0.25) is 0 Å². The Balaban J connectivity index is 2.63. The number of aryl methyl sites for hydroxylation is 2. The highest BCUT2D eigenvalue weighted by Crippen LogP contribution is 2.17. The van der Waals surface area contributed by atoms with Gasteiger partial charge in [0.25, 0.3) is 0 Å². The summed E-state index contributed by atoms with van der Waals surface area (Å²) in [6.45, 7) is 12.4. The normalized spacial score (nSPS) is 14.5. The SMILES string of the molecule is CCCNC(CC)C(C)Cc1cc(C)cc(C)c1. The lowest BCUT2D eigenvalue weighted by Gasteiger charge is -2.24. The van der Waals surface area contributed by atoms with E-state index in [-0.39, 0.29) is 0 Å². The molecule has 0 amide bonds. The summed E-state index contributed by atoms with van der Waals surface area (Å²) in [4.78, 5) is 0. The standard InChI is InChI=1S/C17H29N/c1-6-8-18-17(7-2)15(5)12-16-10-13(3)9-14(4)11-16/h9-11,15,17-18H,6-8,12H2,1-5H3. The lowest BCUT2D eigenvalue weighted by atomic mass is 9.91. The summed E-state index contributed by atoms with van der Waals surface area (Å²) in [5, 5.41) is 3.67. The van der Waals surface area contributed by atoms with Gasteiger partial charge in [0.15, 0.2) is 0 Å². The van der Waals surface area contributed by atoms with Gasteiger partial charge in [-0.15, -0.1) is 0 Å². The Kier molecular flexibility index (Phi) is 6.42. The minimum atomic E-state index is 0.644. The molecule has 0 heterocycles. The lowest BCUT2D eigenvalue weighted by molar-refractivity contribution is 0.364. The molecule has 0 spiro atoms. The Morgan fingerprint density at radius 3 is 2.17 bits per heavy atom. The smallest absolute Gasteiger partial charge is 0.00932 e. The first kappa shape index (κ1) is 15.2. The maximum atomic E-state index is 3.67. The molecule has 1 aromatic rings. The molecule has 102 valence electrons. The lowest BCUT2D eigenvalue weighted by Crippen LogP contribution is -2.35. The van der Waals surface area contributed by atoms with Crippen LogP contribution in [0.5, 0.6) is 0 Å². The molecule has 0 saturated heterocycles. The molecule has 0 radical (unpaired) electrons. The van der Waals surface area contributed by atoms with Crippen molar-refractivity contribution in [3.05, 3.63) is 34.9 Å². The van der Waals surface area contributed by atoms with Gasteiger partial charge >= 0.3 is 0 Å². The number of hydrogen-bond acceptors (Lipinski definition) is 1. The maximum Gasteiger partial charge on any atom is 0.00932 e. The molecule has 0 bridgehead atoms. The third kappa shape index (κ3) is 4.81. The van der Waals surface area contributed by atoms with Gasteiger partial charge in [-0.05, 0) is 51.1 Å². The van der Waals surface area contributed by atoms with Gasteiger partial charge in [0, 0.05) is 6.04 Å². The highest BCUT2D eigenvalue weighted by Gasteiger charge is 2.15. The van der Waals surface area contributed by atoms with Crippen LogP contribution in [0.1, 0.15) is 50.3 Å². The number of nitrogens with one attached hydrogen (secondary N) is 1. The minimum absolute atomic E-state index is 0.644. The van der Waals surface area contributed by atoms with Gasteiger partial charge in [-0.25, -0.2) is 0 Å². The molecule has 1 nitrogen and oxygen atoms in total. The van der Waals surface area contributed by atoms with Crippen molar-refractivity contribution in [1.82, 2.24) is 5.32 Å². The maximum absolute atomic E-state index is 3.67. The summed E-state index contributed by atoms with van der Waals surface area (Å²) in [6.07, 6.45) is 3.61. The van der Waals surface area contributed by atoms with Crippen molar-refractivity contribution in [1.29, 1.82) is 0 Å². The molecule has 1 rings (SSSR count). The van der Waals surface area contributed by atoms with Gasteiger partial charge in [-0.3, -0.25) is 0 Å². The third-order valence-electron chi connectivity index (χ3n) is 3.62. The Morgan fingerprint density at radius 2 is 1.67 bits per heavy atom. The summed E-state index contributed by atoms with van der Waals surface area (Å²) in [5.41, 5.74) is 4.25. The molecule has 0 saturated carbocycles. The summed E-state index contributed by atoms with van der Waals surface area (Å²) in [5.74, 6) is 0.697. The predicted molar refractivity (Wildman–Crippen MR) is 81.2 cm³/mol. The topological polar surface area (TPSA) is 12.0 Å². The van der Waals surface area contributed by atoms with Crippen LogP contribution in [0.2, 0.25) is 0 Å². The van der Waals surface area contributed by atoms with Crippen LogP contribution in [-0.2, 0) is 6.42 Å². The second-order valence-corrected chi connectivity index (χ2v) is 5.65. The first-order valence-electron chi connectivity index (χ1n) is 7.37. The molecule has 18 heavy (non-hydrogen) atoms. The van der Waals surface area contributed by atoms with Crippen molar-refractivity contribution >= 4 is 0 Å². The van der Waals surface area contributed by atoms with Gasteiger partial charge in [0.05, 0.1) is 0 Å². The molecule has 0 aliphatic heterocycles. The molecule has 2 atom stereocenters. The molecule has 1 N–H and O–H groups in total. The van der Waals surface area contributed by atoms with E-state index in [1.54, 1.807) is 0 Å². The fourth-order valence-corrected chi connectivity index (χ4v) is 2.78. The molecule has 1 aromatic carbocycles. The van der Waals surface area contributed by atoms with Crippen LogP contribution in [0.3, 0.4) is 0 Å². The highest BCUT2D eigenvalue weighted by atomic mass is 14.9. The third-order valence-corrected chi connectivity index (χ3v) is 3.62. The van der Waals surface area contributed by atoms with E-state index in [0.717, 1.165) is 6.54 Å². The zero-order valence-electron chi connectivity index (χ0n) is 12.7. The molecular formula is C17H29N. The summed E-state index contributed by atoms with van der Waals surface area (Å²) in [7, 11) is 0. The van der Waals surface area contributed by atoms with Crippen LogP contribution < -0.4 is 5.32 Å². The average molecular weight is 247 g/mol. The summed E-state index contributed by atoms with van der Waals surface area (Å²) >= 11 is 0. The Hall–Kier alpha value is -0.820. The van der Waals surface area contributed by atoms with Crippen LogP contribution in [0.25, 0.3) is 0 Å². The van der Waals surface area contributed by atoms with Crippen molar-refractivity contribution in [2.75, 3.05) is 6.54 Å². The van der Waals surface area contributed by atoms with Crippen LogP contribution in [0, 0.1) is 19.8 Å². The van der Waals surface area contributed by atoms with Gasteiger partial charge in [-0.1, -0.05) is 50.1 Å². The first-order valence-corrected chi connectivity index (χ1v) is 7.37. The van der Waals surface area contributed by atoms with Gasteiger partial charge in [0.1, 0.15) is 0 Å². The molecular weight excluding hydrogens is 218 g/mol. The highest BCUT2D eigenvalue weighted by molar-refractivity contribution is 5.28. The molecule has 0 aliphatic carbocycles. The molecule has 2 unspecified atom stereocenters. The van der Waals surface area contributed by atoms with E-state index in [0.29, 0.717) is 12.0 Å². The van der Waals surface area contributed by atoms with E-state index in [1.165, 1.54) is 36.0 Å². The zero-order valence-corrected chi connectivity index (χ0v) is 12.7. The van der Waals surface area contributed by atoms with E-state index < -0.39 is 0 Å². The van der Waals surface area contributed by atoms with Crippen molar-refractivity contribution in [2.24, 2.45) is 5.92 Å². The summed E-state index contributed by atoms with van der Waals surface area (Å²) in [6, 6.07) is 7.55. The predicted octanol–water partition coefficient (Wildman–Crippen LogP) is 4.26. The van der Waals surface area contributed by atoms with Crippen molar-refractivity contribution in [2.45, 2.75) is 59.9 Å². The van der Waals surface area contributed by atoms with Crippen molar-refractivity contribution in [3.8, 4) is 0 Å². The van der Waals surface area contributed by atoms with E-state index in [9.17, 15) is 0 Å². The summed E-state index contributed by atoms with van der Waals surface area (Å²) < 4.78 is 0. The molecule has 0 fully saturated rings. The van der Waals surface area contributed by atoms with E-state index in [2.05, 4.69) is 58.1 Å². The number of rotatable bonds is 7. The average Bonchev–Trinajstić information content (AvgIpc) is 2.28. The second kappa shape index (κ2) is 7.58. The van der Waals surface area contributed by atoms with E-state index >= 15 is 0 Å². The van der Waals surface area contributed by atoms with Crippen LogP contribution in [0.4, 0.5) is 0 Å². The zero-order chi connectivity index (χ0) is 13.5. The quantitative estimate of drug-likeness (QED) is 0.759. The fraction of sp³-hybridized carbons (Fsp3) is 0.647. The number of hydrogen-bond donors (Lipinski definition) is 1. The van der Waals surface area contributed by atoms with E-state index in [1.807, 2.05) is 0 Å². The van der Waals surface area contributed by atoms with E-state index in [4.69, 9.17) is 0 Å². The van der Waals surface area contributed by atoms with Gasteiger partial charge in [-0.2, -0.15) is 0 Å². The second-order valence-electron chi connectivity index (χ2n) is 5.65. The van der Waals surface area contributed by atoms with Crippen LogP contribution in [-0.4, -0.2) is 12.6 Å².